The van der Waals surface area contributed by atoms with Gasteiger partial charge in [0.15, 0.2) is 5.82 Å². The second-order valence-corrected chi connectivity index (χ2v) is 6.49. The van der Waals surface area contributed by atoms with Crippen molar-refractivity contribution in [3.05, 3.63) is 24.3 Å². The van der Waals surface area contributed by atoms with E-state index in [1.807, 2.05) is 38.2 Å². The molecule has 7 nitrogen and oxygen atoms in total. The lowest BCUT2D eigenvalue weighted by atomic mass is 10.1. The summed E-state index contributed by atoms with van der Waals surface area (Å²) in [6, 6.07) is 7.93. The Bertz CT molecular complexity index is 686. The van der Waals surface area contributed by atoms with Gasteiger partial charge in [-0.1, -0.05) is 18.7 Å². The molecule has 8 heteroatoms. The zero-order chi connectivity index (χ0) is 17.5. The molecule has 1 heterocycles. The van der Waals surface area contributed by atoms with Crippen LogP contribution in [0.25, 0.3) is 11.4 Å². The van der Waals surface area contributed by atoms with Gasteiger partial charge in [0.2, 0.25) is 5.16 Å². The van der Waals surface area contributed by atoms with E-state index in [0.717, 1.165) is 36.0 Å². The molecule has 0 saturated carbocycles. The van der Waals surface area contributed by atoms with Crippen LogP contribution in [0, 0.1) is 11.3 Å². The minimum Gasteiger partial charge on any atom is -0.481 e. The highest BCUT2D eigenvalue weighted by molar-refractivity contribution is 7.99. The number of anilines is 1. The summed E-state index contributed by atoms with van der Waals surface area (Å²) in [7, 11) is 2.03. The highest BCUT2D eigenvalue weighted by Crippen LogP contribution is 2.22. The Balaban J connectivity index is 1.98. The summed E-state index contributed by atoms with van der Waals surface area (Å²) >= 11 is 1.08. The molecule has 24 heavy (non-hydrogen) atoms. The predicted molar refractivity (Wildman–Crippen MR) is 96.0 cm³/mol. The summed E-state index contributed by atoms with van der Waals surface area (Å²) in [6.45, 7) is 2.92. The molecule has 0 aliphatic rings. The summed E-state index contributed by atoms with van der Waals surface area (Å²) in [4.78, 5) is 17.0. The van der Waals surface area contributed by atoms with Crippen molar-refractivity contribution in [1.82, 2.24) is 15.2 Å². The highest BCUT2D eigenvalue weighted by atomic mass is 32.2. The Morgan fingerprint density at radius 2 is 2.17 bits per heavy atom. The minimum absolute atomic E-state index is 0.0603. The lowest BCUT2D eigenvalue weighted by Gasteiger charge is -2.20. The highest BCUT2D eigenvalue weighted by Gasteiger charge is 2.09. The fraction of sp³-hybridized carbons (Fsp3) is 0.375. The van der Waals surface area contributed by atoms with Gasteiger partial charge in [-0.25, -0.2) is 4.98 Å². The Kier molecular flexibility index (Phi) is 6.36. The maximum Gasteiger partial charge on any atom is 0.313 e. The second kappa shape index (κ2) is 8.49. The number of hydrogen-bond acceptors (Lipinski definition) is 6. The van der Waals surface area contributed by atoms with Crippen LogP contribution < -0.4 is 4.90 Å². The third-order valence-corrected chi connectivity index (χ3v) is 4.41. The first-order valence-electron chi connectivity index (χ1n) is 7.58. The van der Waals surface area contributed by atoms with E-state index >= 15 is 0 Å². The van der Waals surface area contributed by atoms with Crippen LogP contribution in [-0.4, -0.2) is 51.8 Å². The molecule has 3 N–H and O–H groups in total. The summed E-state index contributed by atoms with van der Waals surface area (Å²) < 4.78 is 0. The van der Waals surface area contributed by atoms with Crippen molar-refractivity contribution in [2.75, 3.05) is 24.2 Å². The van der Waals surface area contributed by atoms with Gasteiger partial charge in [-0.05, 0) is 42.8 Å². The summed E-state index contributed by atoms with van der Waals surface area (Å²) in [6.07, 6.45) is 2.41. The maximum atomic E-state index is 10.6. The van der Waals surface area contributed by atoms with Crippen molar-refractivity contribution in [1.29, 1.82) is 5.41 Å². The second-order valence-electron chi connectivity index (χ2n) is 5.55. The number of aliphatic carboxylic acids is 1. The Hall–Kier alpha value is -2.35. The first-order chi connectivity index (χ1) is 11.5. The van der Waals surface area contributed by atoms with Crippen LogP contribution in [0.1, 0.15) is 13.3 Å². The standard InChI is InChI=1S/C16H21N5O2S/c1-11(9-17)7-8-21(2)13-5-3-12(4-6-13)15-18-16(20-19-15)24-10-14(22)23/h3-6,9,11,17H,7-8,10H2,1-2H3,(H,22,23)(H,18,19,20). The molecule has 1 aromatic heterocycles. The van der Waals surface area contributed by atoms with Crippen LogP contribution in [0.4, 0.5) is 5.69 Å². The summed E-state index contributed by atoms with van der Waals surface area (Å²) in [5.74, 6) is -0.0527. The first kappa shape index (κ1) is 18.0. The molecule has 0 fully saturated rings. The maximum absolute atomic E-state index is 10.6. The predicted octanol–water partition coefficient (Wildman–Crippen LogP) is 2.76. The normalized spacial score (nSPS) is 11.9. The van der Waals surface area contributed by atoms with Crippen molar-refractivity contribution >= 4 is 29.6 Å². The number of aromatic nitrogens is 3. The average Bonchev–Trinajstić information content (AvgIpc) is 3.06. The van der Waals surface area contributed by atoms with E-state index < -0.39 is 5.97 Å². The van der Waals surface area contributed by atoms with Gasteiger partial charge >= 0.3 is 5.97 Å². The lowest BCUT2D eigenvalue weighted by Crippen LogP contribution is -2.20. The number of aromatic amines is 1. The fourth-order valence-corrected chi connectivity index (χ4v) is 2.57. The SMILES string of the molecule is CC(C=N)CCN(C)c1ccc(-c2nc(SCC(=O)O)n[nH]2)cc1. The molecular formula is C16H21N5O2S. The third-order valence-electron chi connectivity index (χ3n) is 3.58. The van der Waals surface area contributed by atoms with Gasteiger partial charge in [0.05, 0.1) is 5.75 Å². The molecule has 0 spiro atoms. The number of nitrogens with zero attached hydrogens (tertiary/aromatic N) is 3. The minimum atomic E-state index is -0.893. The van der Waals surface area contributed by atoms with Crippen LogP contribution in [0.15, 0.2) is 29.4 Å². The van der Waals surface area contributed by atoms with Crippen LogP contribution in [-0.2, 0) is 4.79 Å². The van der Waals surface area contributed by atoms with Crippen molar-refractivity contribution in [2.24, 2.45) is 5.92 Å². The summed E-state index contributed by atoms with van der Waals surface area (Å²) in [5.41, 5.74) is 1.99. The summed E-state index contributed by atoms with van der Waals surface area (Å²) in [5, 5.41) is 23.2. The molecule has 0 bridgehead atoms. The molecule has 2 rings (SSSR count). The number of carboxylic acids is 1. The molecular weight excluding hydrogens is 326 g/mol. The van der Waals surface area contributed by atoms with Gasteiger partial charge in [-0.3, -0.25) is 9.89 Å². The smallest absolute Gasteiger partial charge is 0.313 e. The van der Waals surface area contributed by atoms with Crippen LogP contribution in [0.2, 0.25) is 0 Å². The molecule has 0 radical (unpaired) electrons. The van der Waals surface area contributed by atoms with E-state index in [1.165, 1.54) is 6.21 Å². The van der Waals surface area contributed by atoms with Crippen molar-refractivity contribution in [3.63, 3.8) is 0 Å². The Morgan fingerprint density at radius 1 is 1.46 bits per heavy atom. The van der Waals surface area contributed by atoms with Gasteiger partial charge < -0.3 is 15.4 Å². The van der Waals surface area contributed by atoms with Crippen LogP contribution in [0.3, 0.4) is 0 Å². The zero-order valence-corrected chi connectivity index (χ0v) is 14.5. The Morgan fingerprint density at radius 3 is 2.79 bits per heavy atom. The van der Waals surface area contributed by atoms with Gasteiger partial charge in [0.1, 0.15) is 0 Å². The van der Waals surface area contributed by atoms with E-state index in [0.29, 0.717) is 11.0 Å². The quantitative estimate of drug-likeness (QED) is 0.476. The van der Waals surface area contributed by atoms with Crippen LogP contribution >= 0.6 is 11.8 Å². The Labute approximate surface area is 145 Å². The van der Waals surface area contributed by atoms with E-state index in [1.54, 1.807) is 0 Å². The number of hydrogen-bond donors (Lipinski definition) is 3. The first-order valence-corrected chi connectivity index (χ1v) is 8.57. The molecule has 1 aromatic carbocycles. The number of thioether (sulfide) groups is 1. The molecule has 0 amide bonds. The van der Waals surface area contributed by atoms with E-state index in [-0.39, 0.29) is 11.7 Å². The molecule has 128 valence electrons. The van der Waals surface area contributed by atoms with Crippen molar-refractivity contribution in [2.45, 2.75) is 18.5 Å². The molecule has 0 aliphatic heterocycles. The van der Waals surface area contributed by atoms with E-state index in [9.17, 15) is 4.79 Å². The molecule has 0 aliphatic carbocycles. The van der Waals surface area contributed by atoms with Gasteiger partial charge in [-0.2, -0.15) is 0 Å². The van der Waals surface area contributed by atoms with Crippen molar-refractivity contribution < 1.29 is 9.90 Å². The number of carboxylic acid groups (broad SMARTS) is 1. The average molecular weight is 347 g/mol. The molecule has 2 aromatic rings. The number of benzene rings is 1. The number of nitrogens with one attached hydrogen (secondary N) is 2. The monoisotopic (exact) mass is 347 g/mol. The third kappa shape index (κ3) is 5.09. The van der Waals surface area contributed by atoms with Gasteiger partial charge in [0, 0.05) is 24.8 Å². The van der Waals surface area contributed by atoms with E-state index in [2.05, 4.69) is 20.1 Å². The fourth-order valence-electron chi connectivity index (χ4n) is 2.05. The van der Waals surface area contributed by atoms with Gasteiger partial charge in [-0.15, -0.1) is 5.10 Å². The van der Waals surface area contributed by atoms with Crippen LogP contribution in [0.5, 0.6) is 0 Å². The molecule has 1 unspecified atom stereocenters. The number of carbonyl (C=O) groups is 1. The largest absolute Gasteiger partial charge is 0.481 e. The molecule has 0 saturated heterocycles. The van der Waals surface area contributed by atoms with E-state index in [4.69, 9.17) is 10.5 Å². The lowest BCUT2D eigenvalue weighted by molar-refractivity contribution is -0.133. The van der Waals surface area contributed by atoms with Gasteiger partial charge in [0.25, 0.3) is 0 Å². The number of H-pyrrole nitrogens is 1. The topological polar surface area (TPSA) is 106 Å². The van der Waals surface area contributed by atoms with Crippen molar-refractivity contribution in [3.8, 4) is 11.4 Å². The molecule has 1 atom stereocenters. The number of rotatable bonds is 9. The zero-order valence-electron chi connectivity index (χ0n) is 13.7.